The van der Waals surface area contributed by atoms with Gasteiger partial charge in [-0.15, -0.1) is 0 Å². The molecule has 15 heavy (non-hydrogen) atoms. The Hall–Kier alpha value is -0.0800. The van der Waals surface area contributed by atoms with E-state index in [2.05, 4.69) is 26.1 Å². The molecule has 0 bridgehead atoms. The first-order valence-corrected chi connectivity index (χ1v) is 6.44. The molecule has 0 aromatic heterocycles. The first-order valence-electron chi connectivity index (χ1n) is 6.44. The standard InChI is InChI=1S/C13H29NO/c1-5-8-9-13(6-2,7-3)12-14-10-11-15-4/h14H,5-12H2,1-4H3. The summed E-state index contributed by atoms with van der Waals surface area (Å²) in [5.41, 5.74) is 0.518. The van der Waals surface area contributed by atoms with Crippen molar-refractivity contribution in [1.29, 1.82) is 0 Å². The van der Waals surface area contributed by atoms with E-state index in [1.807, 2.05) is 0 Å². The lowest BCUT2D eigenvalue weighted by Crippen LogP contribution is -2.35. The number of unbranched alkanes of at least 4 members (excludes halogenated alkanes) is 1. The summed E-state index contributed by atoms with van der Waals surface area (Å²) in [6.45, 7) is 9.84. The van der Waals surface area contributed by atoms with Crippen LogP contribution >= 0.6 is 0 Å². The van der Waals surface area contributed by atoms with Crippen LogP contribution in [0.4, 0.5) is 0 Å². The third-order valence-electron chi connectivity index (χ3n) is 3.54. The van der Waals surface area contributed by atoms with Crippen LogP contribution in [0.2, 0.25) is 0 Å². The SMILES string of the molecule is CCCCC(CC)(CC)CNCCOC. The predicted molar refractivity (Wildman–Crippen MR) is 67.3 cm³/mol. The molecule has 0 atom stereocenters. The van der Waals surface area contributed by atoms with Crippen molar-refractivity contribution < 1.29 is 4.74 Å². The number of methoxy groups -OCH3 is 1. The second-order valence-corrected chi connectivity index (χ2v) is 4.48. The summed E-state index contributed by atoms with van der Waals surface area (Å²) >= 11 is 0. The Morgan fingerprint density at radius 1 is 1.13 bits per heavy atom. The van der Waals surface area contributed by atoms with Gasteiger partial charge in [0.15, 0.2) is 0 Å². The molecule has 0 aliphatic rings. The van der Waals surface area contributed by atoms with Gasteiger partial charge in [0.2, 0.25) is 0 Å². The Kier molecular flexibility index (Phi) is 9.12. The Morgan fingerprint density at radius 2 is 1.80 bits per heavy atom. The zero-order valence-corrected chi connectivity index (χ0v) is 11.1. The Morgan fingerprint density at radius 3 is 2.27 bits per heavy atom. The molecule has 92 valence electrons. The van der Waals surface area contributed by atoms with Crippen molar-refractivity contribution >= 4 is 0 Å². The third-order valence-corrected chi connectivity index (χ3v) is 3.54. The molecule has 0 unspecified atom stereocenters. The van der Waals surface area contributed by atoms with E-state index >= 15 is 0 Å². The van der Waals surface area contributed by atoms with Gasteiger partial charge >= 0.3 is 0 Å². The van der Waals surface area contributed by atoms with Gasteiger partial charge in [0.05, 0.1) is 6.61 Å². The molecule has 0 saturated carbocycles. The molecule has 0 aromatic carbocycles. The topological polar surface area (TPSA) is 21.3 Å². The molecular formula is C13H29NO. The summed E-state index contributed by atoms with van der Waals surface area (Å²) in [5.74, 6) is 0. The van der Waals surface area contributed by atoms with E-state index < -0.39 is 0 Å². The minimum atomic E-state index is 0.518. The highest BCUT2D eigenvalue weighted by molar-refractivity contribution is 4.78. The molecule has 0 aliphatic carbocycles. The van der Waals surface area contributed by atoms with Crippen molar-refractivity contribution in [3.63, 3.8) is 0 Å². The van der Waals surface area contributed by atoms with Gasteiger partial charge in [0, 0.05) is 20.2 Å². The van der Waals surface area contributed by atoms with Crippen molar-refractivity contribution in [3.05, 3.63) is 0 Å². The fraction of sp³-hybridized carbons (Fsp3) is 1.00. The first kappa shape index (κ1) is 14.9. The van der Waals surface area contributed by atoms with Crippen LogP contribution in [-0.4, -0.2) is 26.8 Å². The lowest BCUT2D eigenvalue weighted by molar-refractivity contribution is 0.180. The van der Waals surface area contributed by atoms with Crippen molar-refractivity contribution in [3.8, 4) is 0 Å². The quantitative estimate of drug-likeness (QED) is 0.565. The van der Waals surface area contributed by atoms with Crippen LogP contribution in [0.3, 0.4) is 0 Å². The smallest absolute Gasteiger partial charge is 0.0587 e. The van der Waals surface area contributed by atoms with Crippen molar-refractivity contribution in [2.45, 2.75) is 52.9 Å². The molecular weight excluding hydrogens is 186 g/mol. The van der Waals surface area contributed by atoms with E-state index in [0.717, 1.165) is 19.7 Å². The van der Waals surface area contributed by atoms with E-state index in [4.69, 9.17) is 4.74 Å². The van der Waals surface area contributed by atoms with Crippen molar-refractivity contribution in [1.82, 2.24) is 5.32 Å². The molecule has 0 aromatic rings. The summed E-state index contributed by atoms with van der Waals surface area (Å²) in [6, 6.07) is 0. The normalized spacial score (nSPS) is 12.0. The Labute approximate surface area is 95.8 Å². The van der Waals surface area contributed by atoms with Gasteiger partial charge in [-0.05, 0) is 24.7 Å². The summed E-state index contributed by atoms with van der Waals surface area (Å²) in [4.78, 5) is 0. The molecule has 0 rings (SSSR count). The maximum absolute atomic E-state index is 5.04. The summed E-state index contributed by atoms with van der Waals surface area (Å²) < 4.78 is 5.04. The number of nitrogens with one attached hydrogen (secondary N) is 1. The Bertz CT molecular complexity index is 132. The molecule has 2 heteroatoms. The summed E-state index contributed by atoms with van der Waals surface area (Å²) in [5, 5.41) is 3.51. The average Bonchev–Trinajstić information content (AvgIpc) is 2.29. The monoisotopic (exact) mass is 215 g/mol. The summed E-state index contributed by atoms with van der Waals surface area (Å²) in [6.07, 6.45) is 6.58. The predicted octanol–water partition coefficient (Wildman–Crippen LogP) is 3.22. The van der Waals surface area contributed by atoms with Gasteiger partial charge in [0.25, 0.3) is 0 Å². The highest BCUT2D eigenvalue weighted by atomic mass is 16.5. The maximum atomic E-state index is 5.04. The minimum absolute atomic E-state index is 0.518. The van der Waals surface area contributed by atoms with Crippen molar-refractivity contribution in [2.24, 2.45) is 5.41 Å². The van der Waals surface area contributed by atoms with Crippen LogP contribution in [0.15, 0.2) is 0 Å². The molecule has 0 amide bonds. The van der Waals surface area contributed by atoms with Gasteiger partial charge in [-0.2, -0.15) is 0 Å². The fourth-order valence-electron chi connectivity index (χ4n) is 2.02. The van der Waals surface area contributed by atoms with Crippen LogP contribution < -0.4 is 5.32 Å². The van der Waals surface area contributed by atoms with Gasteiger partial charge in [-0.1, -0.05) is 33.6 Å². The first-order chi connectivity index (χ1) is 7.24. The second kappa shape index (κ2) is 9.17. The van der Waals surface area contributed by atoms with Gasteiger partial charge in [-0.25, -0.2) is 0 Å². The van der Waals surface area contributed by atoms with Crippen LogP contribution in [-0.2, 0) is 4.74 Å². The summed E-state index contributed by atoms with van der Waals surface area (Å²) in [7, 11) is 1.76. The van der Waals surface area contributed by atoms with E-state index in [1.54, 1.807) is 7.11 Å². The molecule has 0 spiro atoms. The average molecular weight is 215 g/mol. The van der Waals surface area contributed by atoms with E-state index in [9.17, 15) is 0 Å². The molecule has 0 heterocycles. The minimum Gasteiger partial charge on any atom is -0.383 e. The van der Waals surface area contributed by atoms with Crippen LogP contribution in [0.1, 0.15) is 52.9 Å². The maximum Gasteiger partial charge on any atom is 0.0587 e. The molecule has 1 N–H and O–H groups in total. The van der Waals surface area contributed by atoms with E-state index in [0.29, 0.717) is 5.41 Å². The highest BCUT2D eigenvalue weighted by Crippen LogP contribution is 2.31. The number of rotatable bonds is 10. The molecule has 0 fully saturated rings. The number of ether oxygens (including phenoxy) is 1. The van der Waals surface area contributed by atoms with Crippen LogP contribution in [0.5, 0.6) is 0 Å². The lowest BCUT2D eigenvalue weighted by Gasteiger charge is -2.32. The van der Waals surface area contributed by atoms with E-state index in [1.165, 1.54) is 32.1 Å². The molecule has 2 nitrogen and oxygen atoms in total. The largest absolute Gasteiger partial charge is 0.383 e. The van der Waals surface area contributed by atoms with Gasteiger partial charge < -0.3 is 10.1 Å². The van der Waals surface area contributed by atoms with Crippen LogP contribution in [0, 0.1) is 5.41 Å². The van der Waals surface area contributed by atoms with Crippen molar-refractivity contribution in [2.75, 3.05) is 26.8 Å². The third kappa shape index (κ3) is 6.16. The Balaban J connectivity index is 3.88. The second-order valence-electron chi connectivity index (χ2n) is 4.48. The lowest BCUT2D eigenvalue weighted by atomic mass is 9.78. The zero-order chi connectivity index (χ0) is 11.6. The van der Waals surface area contributed by atoms with E-state index in [-0.39, 0.29) is 0 Å². The number of hydrogen-bond donors (Lipinski definition) is 1. The van der Waals surface area contributed by atoms with Gasteiger partial charge in [0.1, 0.15) is 0 Å². The zero-order valence-electron chi connectivity index (χ0n) is 11.1. The highest BCUT2D eigenvalue weighted by Gasteiger charge is 2.24. The molecule has 0 radical (unpaired) electrons. The fourth-order valence-corrected chi connectivity index (χ4v) is 2.02. The van der Waals surface area contributed by atoms with Gasteiger partial charge in [-0.3, -0.25) is 0 Å². The molecule has 0 saturated heterocycles. The molecule has 0 aliphatic heterocycles. The number of hydrogen-bond acceptors (Lipinski definition) is 2. The van der Waals surface area contributed by atoms with Crippen LogP contribution in [0.25, 0.3) is 0 Å².